The number of carbonyl (C=O) groups is 3. The van der Waals surface area contributed by atoms with E-state index in [0.717, 1.165) is 24.0 Å². The molecule has 2 rings (SSSR count). The minimum atomic E-state index is -1.66. The molecule has 0 aliphatic heterocycles. The Morgan fingerprint density at radius 1 is 0.895 bits per heavy atom. The third-order valence-corrected chi connectivity index (χ3v) is 8.77. The van der Waals surface area contributed by atoms with Crippen LogP contribution in [0.5, 0.6) is 0 Å². The zero-order valence-corrected chi connectivity index (χ0v) is 26.0. The number of fused-ring (bicyclic) bond motifs is 2. The Hall–Kier alpha value is -2.29. The highest BCUT2D eigenvalue weighted by molar-refractivity contribution is 6.33. The first kappa shape index (κ1) is 31.9. The summed E-state index contributed by atoms with van der Waals surface area (Å²) in [5.41, 5.74) is 2.03. The lowest BCUT2D eigenvalue weighted by atomic mass is 9.38. The normalized spacial score (nSPS) is 28.4. The summed E-state index contributed by atoms with van der Waals surface area (Å²) in [6.45, 7) is 22.2. The van der Waals surface area contributed by atoms with Crippen LogP contribution in [0.15, 0.2) is 58.2 Å². The molecule has 0 spiro atoms. The number of allylic oxidation sites excluding steroid dienone is 10. The van der Waals surface area contributed by atoms with Crippen LogP contribution in [0.1, 0.15) is 115 Å². The van der Waals surface area contributed by atoms with Gasteiger partial charge in [-0.05, 0) is 111 Å². The molecule has 1 fully saturated rings. The Kier molecular flexibility index (Phi) is 10.3. The van der Waals surface area contributed by atoms with Crippen LogP contribution < -0.4 is 0 Å². The van der Waals surface area contributed by atoms with Crippen molar-refractivity contribution in [2.75, 3.05) is 0 Å². The molecule has 0 saturated heterocycles. The quantitative estimate of drug-likeness (QED) is 0.202. The first-order chi connectivity index (χ1) is 17.5. The van der Waals surface area contributed by atoms with E-state index in [2.05, 4.69) is 58.9 Å². The number of ketones is 3. The fraction of sp³-hybridized carbons (Fsp3) is 0.629. The lowest BCUT2D eigenvalue weighted by Crippen LogP contribution is -2.70. The van der Waals surface area contributed by atoms with Crippen LogP contribution in [0, 0.1) is 28.1 Å². The summed E-state index contributed by atoms with van der Waals surface area (Å²) in [6.07, 6.45) is 14.3. The van der Waals surface area contributed by atoms with Gasteiger partial charge in [0.1, 0.15) is 0 Å². The van der Waals surface area contributed by atoms with Gasteiger partial charge in [-0.3, -0.25) is 14.4 Å². The van der Waals surface area contributed by atoms with Crippen LogP contribution in [0.4, 0.5) is 0 Å². The smallest absolute Gasteiger partial charge is 0.180 e. The maximum atomic E-state index is 14.9. The van der Waals surface area contributed by atoms with Gasteiger partial charge in [0.15, 0.2) is 22.8 Å². The van der Waals surface area contributed by atoms with Gasteiger partial charge in [0.2, 0.25) is 0 Å². The summed E-state index contributed by atoms with van der Waals surface area (Å²) in [5, 5.41) is 0. The van der Waals surface area contributed by atoms with Crippen molar-refractivity contribution in [3.8, 4) is 0 Å². The molecule has 1 saturated carbocycles. The molecular weight excluding hydrogens is 468 g/mol. The molecule has 0 aromatic carbocycles. The number of carbonyl (C=O) groups excluding carboxylic acids is 3. The van der Waals surface area contributed by atoms with Gasteiger partial charge in [-0.1, -0.05) is 73.4 Å². The molecule has 3 nitrogen and oxygen atoms in total. The molecule has 2 aliphatic rings. The van der Waals surface area contributed by atoms with Gasteiger partial charge in [-0.2, -0.15) is 0 Å². The summed E-state index contributed by atoms with van der Waals surface area (Å²) in [7, 11) is 0. The number of Topliss-reactive ketones (excluding diaryl/α,β-unsaturated/α-hetero) is 3. The number of hydrogen-bond donors (Lipinski definition) is 0. The molecule has 4 atom stereocenters. The predicted octanol–water partition coefficient (Wildman–Crippen LogP) is 9.10. The van der Waals surface area contributed by atoms with Gasteiger partial charge < -0.3 is 0 Å². The SMILES string of the molecule is CC(C)=CCC[C@]1(C)[C@@H](CC=C(C)C)C[C@]2(CC=C(C)C)C=C(CC=C(C)C)C(=O)[C@@]1(C(=O)C(C)C)C2=O. The Labute approximate surface area is 232 Å². The Bertz CT molecular complexity index is 1090. The van der Waals surface area contributed by atoms with E-state index in [1.54, 1.807) is 0 Å². The molecule has 210 valence electrons. The van der Waals surface area contributed by atoms with Crippen molar-refractivity contribution >= 4 is 17.3 Å². The third kappa shape index (κ3) is 5.97. The Morgan fingerprint density at radius 2 is 1.45 bits per heavy atom. The van der Waals surface area contributed by atoms with Crippen molar-refractivity contribution in [1.82, 2.24) is 0 Å². The maximum Gasteiger partial charge on any atom is 0.180 e. The summed E-state index contributed by atoms with van der Waals surface area (Å²) in [6, 6.07) is 0. The van der Waals surface area contributed by atoms with Crippen LogP contribution >= 0.6 is 0 Å². The molecule has 2 aliphatic carbocycles. The van der Waals surface area contributed by atoms with Crippen LogP contribution in [0.25, 0.3) is 0 Å². The van der Waals surface area contributed by atoms with E-state index >= 15 is 0 Å². The van der Waals surface area contributed by atoms with E-state index in [9.17, 15) is 14.4 Å². The van der Waals surface area contributed by atoms with Gasteiger partial charge in [0, 0.05) is 5.92 Å². The molecule has 0 unspecified atom stereocenters. The molecule has 38 heavy (non-hydrogen) atoms. The molecule has 2 bridgehead atoms. The van der Waals surface area contributed by atoms with Gasteiger partial charge >= 0.3 is 0 Å². The highest BCUT2D eigenvalue weighted by atomic mass is 16.2. The summed E-state index contributed by atoms with van der Waals surface area (Å²) < 4.78 is 0. The lowest BCUT2D eigenvalue weighted by Gasteiger charge is -2.60. The molecule has 0 aromatic rings. The summed E-state index contributed by atoms with van der Waals surface area (Å²) in [5.74, 6) is -0.983. The second-order valence-corrected chi connectivity index (χ2v) is 13.4. The Morgan fingerprint density at radius 3 is 1.95 bits per heavy atom. The molecular formula is C35H52O3. The van der Waals surface area contributed by atoms with Crippen molar-refractivity contribution < 1.29 is 14.4 Å². The predicted molar refractivity (Wildman–Crippen MR) is 160 cm³/mol. The van der Waals surface area contributed by atoms with E-state index < -0.39 is 22.2 Å². The van der Waals surface area contributed by atoms with Gasteiger partial charge in [0.05, 0.1) is 5.41 Å². The molecule has 0 amide bonds. The van der Waals surface area contributed by atoms with Crippen molar-refractivity contribution in [3.63, 3.8) is 0 Å². The van der Waals surface area contributed by atoms with E-state index in [1.807, 2.05) is 47.6 Å². The minimum Gasteiger partial charge on any atom is -0.298 e. The largest absolute Gasteiger partial charge is 0.298 e. The molecule has 0 radical (unpaired) electrons. The molecule has 0 heterocycles. The zero-order chi connectivity index (χ0) is 29.1. The van der Waals surface area contributed by atoms with E-state index in [1.165, 1.54) is 11.1 Å². The third-order valence-electron chi connectivity index (χ3n) is 8.77. The van der Waals surface area contributed by atoms with Crippen LogP contribution in [-0.4, -0.2) is 17.3 Å². The lowest BCUT2D eigenvalue weighted by molar-refractivity contribution is -0.177. The standard InChI is InChI=1S/C35H52O3/c1-23(2)13-12-19-33(11)29(17-15-25(5)6)22-34(20-18-26(7)8)21-28(16-14-24(3)4)31(37)35(33,32(34)38)30(36)27(9)10/h13-15,18,21,27,29H,12,16-17,19-20,22H2,1-11H3/t29-,33+,34-,35-/m0/s1. The van der Waals surface area contributed by atoms with Crippen LogP contribution in [-0.2, 0) is 14.4 Å². The average molecular weight is 521 g/mol. The summed E-state index contributed by atoms with van der Waals surface area (Å²) >= 11 is 0. The number of rotatable bonds is 11. The van der Waals surface area contributed by atoms with E-state index in [4.69, 9.17) is 0 Å². The second kappa shape index (κ2) is 12.3. The van der Waals surface area contributed by atoms with Gasteiger partial charge in [0.25, 0.3) is 0 Å². The van der Waals surface area contributed by atoms with Gasteiger partial charge in [-0.25, -0.2) is 0 Å². The van der Waals surface area contributed by atoms with Crippen molar-refractivity contribution in [1.29, 1.82) is 0 Å². The zero-order valence-electron chi connectivity index (χ0n) is 26.0. The Balaban J connectivity index is 3.01. The van der Waals surface area contributed by atoms with Crippen LogP contribution in [0.3, 0.4) is 0 Å². The minimum absolute atomic E-state index is 0.0270. The average Bonchev–Trinajstić information content (AvgIpc) is 2.80. The van der Waals surface area contributed by atoms with E-state index in [-0.39, 0.29) is 23.3 Å². The monoisotopic (exact) mass is 520 g/mol. The van der Waals surface area contributed by atoms with Crippen LogP contribution in [0.2, 0.25) is 0 Å². The van der Waals surface area contributed by atoms with Crippen molar-refractivity contribution in [3.05, 3.63) is 58.2 Å². The molecule has 3 heteroatoms. The topological polar surface area (TPSA) is 51.2 Å². The van der Waals surface area contributed by atoms with Crippen molar-refractivity contribution in [2.45, 2.75) is 115 Å². The maximum absolute atomic E-state index is 14.9. The molecule has 0 aromatic heterocycles. The first-order valence-corrected chi connectivity index (χ1v) is 14.4. The van der Waals surface area contributed by atoms with Gasteiger partial charge in [-0.15, -0.1) is 0 Å². The van der Waals surface area contributed by atoms with Crippen molar-refractivity contribution in [2.24, 2.45) is 28.1 Å². The van der Waals surface area contributed by atoms with E-state index in [0.29, 0.717) is 31.3 Å². The fourth-order valence-corrected chi connectivity index (χ4v) is 6.62. The fourth-order valence-electron chi connectivity index (χ4n) is 6.62. The number of hydrogen-bond acceptors (Lipinski definition) is 3. The molecule has 0 N–H and O–H groups in total. The highest BCUT2D eigenvalue weighted by Gasteiger charge is 2.73. The summed E-state index contributed by atoms with van der Waals surface area (Å²) in [4.78, 5) is 44.1. The highest BCUT2D eigenvalue weighted by Crippen LogP contribution is 2.66. The first-order valence-electron chi connectivity index (χ1n) is 14.4. The second-order valence-electron chi connectivity index (χ2n) is 13.4.